The number of morpholine rings is 1. The van der Waals surface area contributed by atoms with Crippen LogP contribution >= 0.6 is 0 Å². The van der Waals surface area contributed by atoms with E-state index in [1.165, 1.54) is 6.07 Å². The van der Waals surface area contributed by atoms with E-state index >= 15 is 0 Å². The van der Waals surface area contributed by atoms with E-state index in [0.29, 0.717) is 32.9 Å². The van der Waals surface area contributed by atoms with Gasteiger partial charge in [0.1, 0.15) is 22.9 Å². The van der Waals surface area contributed by atoms with Crippen LogP contribution in [0.15, 0.2) is 18.2 Å². The maximum absolute atomic E-state index is 13.8. The van der Waals surface area contributed by atoms with E-state index in [1.54, 1.807) is 4.90 Å². The summed E-state index contributed by atoms with van der Waals surface area (Å²) in [6.45, 7) is 2.47. The summed E-state index contributed by atoms with van der Waals surface area (Å²) in [4.78, 5) is 17.2. The van der Waals surface area contributed by atoms with E-state index in [4.69, 9.17) is 9.47 Å². The van der Waals surface area contributed by atoms with Crippen molar-refractivity contribution in [2.45, 2.75) is 18.4 Å². The average molecular weight is 336 g/mol. The number of aromatic nitrogens is 1. The van der Waals surface area contributed by atoms with Crippen molar-refractivity contribution < 1.29 is 23.0 Å². The van der Waals surface area contributed by atoms with Gasteiger partial charge in [0.15, 0.2) is 0 Å². The molecule has 1 aromatic heterocycles. The standard InChI is InChI=1S/C17H18F2N2O3/c18-12-2-3-13(19)15-11(12)8-14(20-15)16(22)21-5-7-24-17(9-21)4-1-6-23-10-17/h2-3,8,20H,1,4-7,9-10H2. The molecule has 1 amide bonds. The molecule has 4 rings (SSSR count). The topological polar surface area (TPSA) is 54.6 Å². The van der Waals surface area contributed by atoms with Crippen LogP contribution in [-0.4, -0.2) is 54.3 Å². The second-order valence-electron chi connectivity index (χ2n) is 6.42. The first kappa shape index (κ1) is 15.5. The molecule has 0 aliphatic carbocycles. The lowest BCUT2D eigenvalue weighted by Gasteiger charge is -2.44. The van der Waals surface area contributed by atoms with Gasteiger partial charge in [-0.05, 0) is 31.0 Å². The summed E-state index contributed by atoms with van der Waals surface area (Å²) >= 11 is 0. The monoisotopic (exact) mass is 336 g/mol. The first-order valence-electron chi connectivity index (χ1n) is 8.06. The van der Waals surface area contributed by atoms with E-state index in [2.05, 4.69) is 4.98 Å². The molecule has 2 fully saturated rings. The number of carbonyl (C=O) groups excluding carboxylic acids is 1. The van der Waals surface area contributed by atoms with Crippen LogP contribution in [0.1, 0.15) is 23.3 Å². The number of nitrogens with zero attached hydrogens (tertiary/aromatic N) is 1. The fraction of sp³-hybridized carbons (Fsp3) is 0.471. The van der Waals surface area contributed by atoms with E-state index in [-0.39, 0.29) is 22.5 Å². The molecule has 1 aromatic carbocycles. The van der Waals surface area contributed by atoms with Gasteiger partial charge in [0.2, 0.25) is 0 Å². The Bertz CT molecular complexity index is 739. The number of amides is 1. The van der Waals surface area contributed by atoms with Crippen LogP contribution in [0.5, 0.6) is 0 Å². The number of halogens is 2. The molecule has 1 N–H and O–H groups in total. The molecule has 0 saturated carbocycles. The maximum atomic E-state index is 13.8. The molecule has 0 bridgehead atoms. The second-order valence-corrected chi connectivity index (χ2v) is 6.42. The summed E-state index contributed by atoms with van der Waals surface area (Å²) in [5.41, 5.74) is -0.264. The van der Waals surface area contributed by atoms with Crippen molar-refractivity contribution in [1.82, 2.24) is 9.88 Å². The summed E-state index contributed by atoms with van der Waals surface area (Å²) in [6.07, 6.45) is 1.73. The number of aromatic amines is 1. The first-order chi connectivity index (χ1) is 11.6. The molecule has 0 radical (unpaired) electrons. The van der Waals surface area contributed by atoms with Crippen molar-refractivity contribution in [1.29, 1.82) is 0 Å². The Balaban J connectivity index is 1.61. The van der Waals surface area contributed by atoms with Crippen molar-refractivity contribution in [3.63, 3.8) is 0 Å². The van der Waals surface area contributed by atoms with Crippen molar-refractivity contribution >= 4 is 16.8 Å². The Morgan fingerprint density at radius 2 is 2.08 bits per heavy atom. The minimum Gasteiger partial charge on any atom is -0.378 e. The number of carbonyl (C=O) groups is 1. The summed E-state index contributed by atoms with van der Waals surface area (Å²) < 4.78 is 39.0. The quantitative estimate of drug-likeness (QED) is 0.870. The summed E-state index contributed by atoms with van der Waals surface area (Å²) in [6, 6.07) is 3.48. The Hall–Kier alpha value is -1.99. The van der Waals surface area contributed by atoms with Gasteiger partial charge < -0.3 is 19.4 Å². The number of rotatable bonds is 1. The maximum Gasteiger partial charge on any atom is 0.270 e. The number of H-pyrrole nitrogens is 1. The van der Waals surface area contributed by atoms with Gasteiger partial charge in [0, 0.05) is 18.5 Å². The fourth-order valence-corrected chi connectivity index (χ4v) is 3.52. The third kappa shape index (κ3) is 2.57. The van der Waals surface area contributed by atoms with Crippen LogP contribution in [0.4, 0.5) is 8.78 Å². The lowest BCUT2D eigenvalue weighted by molar-refractivity contribution is -0.160. The lowest BCUT2D eigenvalue weighted by Crippen LogP contribution is -2.57. The Morgan fingerprint density at radius 1 is 1.25 bits per heavy atom. The molecule has 24 heavy (non-hydrogen) atoms. The highest BCUT2D eigenvalue weighted by molar-refractivity contribution is 5.98. The molecule has 1 atom stereocenters. The van der Waals surface area contributed by atoms with Crippen molar-refractivity contribution in [3.8, 4) is 0 Å². The number of fused-ring (bicyclic) bond motifs is 1. The minimum absolute atomic E-state index is 0.0160. The zero-order valence-corrected chi connectivity index (χ0v) is 13.1. The van der Waals surface area contributed by atoms with Gasteiger partial charge in [-0.3, -0.25) is 4.79 Å². The van der Waals surface area contributed by atoms with Gasteiger partial charge >= 0.3 is 0 Å². The summed E-state index contributed by atoms with van der Waals surface area (Å²) in [5.74, 6) is -1.41. The Labute approximate surface area is 137 Å². The lowest BCUT2D eigenvalue weighted by atomic mass is 9.94. The SMILES string of the molecule is O=C(c1cc2c(F)ccc(F)c2[nH]1)N1CCOC2(CCCOC2)C1. The number of ether oxygens (including phenoxy) is 2. The Kier molecular flexibility index (Phi) is 3.77. The molecule has 2 saturated heterocycles. The predicted molar refractivity (Wildman–Crippen MR) is 82.9 cm³/mol. The van der Waals surface area contributed by atoms with Crippen LogP contribution < -0.4 is 0 Å². The van der Waals surface area contributed by atoms with Crippen LogP contribution in [0.2, 0.25) is 0 Å². The molecule has 2 aromatic rings. The van der Waals surface area contributed by atoms with Crippen LogP contribution in [0.3, 0.4) is 0 Å². The molecule has 3 heterocycles. The Morgan fingerprint density at radius 3 is 2.83 bits per heavy atom. The van der Waals surface area contributed by atoms with Gasteiger partial charge in [0.05, 0.1) is 25.3 Å². The van der Waals surface area contributed by atoms with Gasteiger partial charge in [-0.1, -0.05) is 0 Å². The molecule has 1 spiro atoms. The first-order valence-corrected chi connectivity index (χ1v) is 8.06. The molecular weight excluding hydrogens is 318 g/mol. The summed E-state index contributed by atoms with van der Waals surface area (Å²) in [5, 5.41) is 0.0855. The van der Waals surface area contributed by atoms with Crippen molar-refractivity contribution in [2.75, 3.05) is 32.9 Å². The third-order valence-electron chi connectivity index (χ3n) is 4.74. The van der Waals surface area contributed by atoms with E-state index in [0.717, 1.165) is 25.0 Å². The normalized spacial score (nSPS) is 24.7. The van der Waals surface area contributed by atoms with Gasteiger partial charge in [-0.15, -0.1) is 0 Å². The largest absolute Gasteiger partial charge is 0.378 e. The molecule has 2 aliphatic heterocycles. The average Bonchev–Trinajstić information content (AvgIpc) is 3.05. The highest BCUT2D eigenvalue weighted by atomic mass is 19.1. The van der Waals surface area contributed by atoms with E-state index in [1.807, 2.05) is 0 Å². The fourth-order valence-electron chi connectivity index (χ4n) is 3.52. The number of nitrogens with one attached hydrogen (secondary N) is 1. The molecule has 7 heteroatoms. The van der Waals surface area contributed by atoms with E-state index in [9.17, 15) is 13.6 Å². The zero-order valence-electron chi connectivity index (χ0n) is 13.1. The highest BCUT2D eigenvalue weighted by Gasteiger charge is 2.40. The second kappa shape index (κ2) is 5.82. The number of benzene rings is 1. The highest BCUT2D eigenvalue weighted by Crippen LogP contribution is 2.29. The van der Waals surface area contributed by atoms with Crippen molar-refractivity contribution in [3.05, 3.63) is 35.5 Å². The minimum atomic E-state index is -0.579. The smallest absolute Gasteiger partial charge is 0.270 e. The van der Waals surface area contributed by atoms with Crippen molar-refractivity contribution in [2.24, 2.45) is 0 Å². The predicted octanol–water partition coefficient (Wildman–Crippen LogP) is 2.47. The molecule has 5 nitrogen and oxygen atoms in total. The molecule has 1 unspecified atom stereocenters. The van der Waals surface area contributed by atoms with Crippen LogP contribution in [0, 0.1) is 11.6 Å². The molecular formula is C17H18F2N2O3. The van der Waals surface area contributed by atoms with Gasteiger partial charge in [-0.2, -0.15) is 0 Å². The van der Waals surface area contributed by atoms with E-state index < -0.39 is 17.2 Å². The third-order valence-corrected chi connectivity index (χ3v) is 4.74. The molecule has 2 aliphatic rings. The number of hydrogen-bond acceptors (Lipinski definition) is 3. The summed E-state index contributed by atoms with van der Waals surface area (Å²) in [7, 11) is 0. The van der Waals surface area contributed by atoms with Crippen LogP contribution in [-0.2, 0) is 9.47 Å². The van der Waals surface area contributed by atoms with Gasteiger partial charge in [-0.25, -0.2) is 8.78 Å². The molecule has 128 valence electrons. The van der Waals surface area contributed by atoms with Gasteiger partial charge in [0.25, 0.3) is 5.91 Å². The van der Waals surface area contributed by atoms with Crippen LogP contribution in [0.25, 0.3) is 10.9 Å². The number of hydrogen-bond donors (Lipinski definition) is 1. The zero-order chi connectivity index (χ0) is 16.7.